The molecule has 0 aliphatic heterocycles. The zero-order chi connectivity index (χ0) is 76.0. The van der Waals surface area contributed by atoms with Crippen molar-refractivity contribution in [3.8, 4) is 0 Å². The number of hydrogen-bond acceptors (Lipinski definition) is 15. The van der Waals surface area contributed by atoms with Crippen LogP contribution in [0.4, 0.5) is 0 Å². The van der Waals surface area contributed by atoms with Crippen molar-refractivity contribution < 1.29 is 80.2 Å². The molecule has 0 aromatic heterocycles. The van der Waals surface area contributed by atoms with Gasteiger partial charge in [0.15, 0.2) is 12.2 Å². The van der Waals surface area contributed by atoms with Crippen LogP contribution in [-0.2, 0) is 65.4 Å². The molecule has 19 heteroatoms. The van der Waals surface area contributed by atoms with E-state index >= 15 is 0 Å². The first-order valence-corrected chi connectivity index (χ1v) is 42.0. The maximum absolute atomic E-state index is 13.1. The van der Waals surface area contributed by atoms with Crippen molar-refractivity contribution in [1.82, 2.24) is 0 Å². The molecule has 0 spiro atoms. The van der Waals surface area contributed by atoms with Gasteiger partial charge in [-0.2, -0.15) is 0 Å². The highest BCUT2D eigenvalue weighted by Gasteiger charge is 2.30. The van der Waals surface area contributed by atoms with E-state index in [-0.39, 0.29) is 25.7 Å². The molecule has 0 aromatic carbocycles. The highest BCUT2D eigenvalue weighted by atomic mass is 31.2. The van der Waals surface area contributed by atoms with Crippen LogP contribution in [0.15, 0.2) is 182 Å². The maximum Gasteiger partial charge on any atom is 0.472 e. The Morgan fingerprint density at radius 1 is 0.288 bits per heavy atom. The van der Waals surface area contributed by atoms with Gasteiger partial charge >= 0.3 is 39.5 Å². The van der Waals surface area contributed by atoms with Crippen molar-refractivity contribution in [2.45, 2.75) is 290 Å². The van der Waals surface area contributed by atoms with Crippen LogP contribution in [0.3, 0.4) is 0 Å². The molecule has 0 rings (SSSR count). The molecule has 0 saturated heterocycles. The van der Waals surface area contributed by atoms with Gasteiger partial charge in [-0.25, -0.2) is 9.13 Å². The number of phosphoric ester groups is 2. The minimum atomic E-state index is -5.01. The topological polar surface area (TPSA) is 237 Å². The predicted molar refractivity (Wildman–Crippen MR) is 426 cm³/mol. The third-order valence-electron chi connectivity index (χ3n) is 15.4. The number of carbonyl (C=O) groups excluding carboxylic acids is 4. The second kappa shape index (κ2) is 75.4. The Bertz CT molecular complexity index is 2690. The highest BCUT2D eigenvalue weighted by molar-refractivity contribution is 7.47. The lowest BCUT2D eigenvalue weighted by Crippen LogP contribution is -2.30. The smallest absolute Gasteiger partial charge is 0.462 e. The quantitative estimate of drug-likeness (QED) is 0.0169. The van der Waals surface area contributed by atoms with E-state index in [1.54, 1.807) is 6.08 Å². The minimum Gasteiger partial charge on any atom is -0.462 e. The second-order valence-electron chi connectivity index (χ2n) is 25.2. The lowest BCUT2D eigenvalue weighted by atomic mass is 10.1. The summed E-state index contributed by atoms with van der Waals surface area (Å²) in [4.78, 5) is 72.9. The second-order valence-corrected chi connectivity index (χ2v) is 28.1. The van der Waals surface area contributed by atoms with Gasteiger partial charge in [0.1, 0.15) is 19.3 Å². The Hall–Kier alpha value is -5.84. The molecular weight excluding hydrogens is 1350 g/mol. The molecule has 0 aromatic rings. The summed E-state index contributed by atoms with van der Waals surface area (Å²) < 4.78 is 68.3. The first kappa shape index (κ1) is 98.2. The maximum atomic E-state index is 13.1. The fourth-order valence-electron chi connectivity index (χ4n) is 9.58. The Morgan fingerprint density at radius 3 is 0.856 bits per heavy atom. The molecule has 0 aliphatic rings. The summed E-state index contributed by atoms with van der Waals surface area (Å²) >= 11 is 0. The van der Waals surface area contributed by atoms with Gasteiger partial charge in [0.2, 0.25) is 0 Å². The van der Waals surface area contributed by atoms with Gasteiger partial charge in [0, 0.05) is 19.3 Å². The van der Waals surface area contributed by atoms with E-state index in [2.05, 4.69) is 186 Å². The predicted octanol–water partition coefficient (Wildman–Crippen LogP) is 22.8. The highest BCUT2D eigenvalue weighted by Crippen LogP contribution is 2.45. The Balaban J connectivity index is 5.49. The van der Waals surface area contributed by atoms with Gasteiger partial charge in [-0.1, -0.05) is 287 Å². The van der Waals surface area contributed by atoms with E-state index in [1.807, 2.05) is 18.2 Å². The number of aliphatic hydroxyl groups is 1. The molecule has 104 heavy (non-hydrogen) atoms. The van der Waals surface area contributed by atoms with E-state index in [0.717, 1.165) is 154 Å². The largest absolute Gasteiger partial charge is 0.472 e. The summed E-state index contributed by atoms with van der Waals surface area (Å²) in [5.74, 6) is -2.41. The fraction of sp³-hybridized carbons (Fsp3) is 0.600. The lowest BCUT2D eigenvalue weighted by Gasteiger charge is -2.21. The normalized spacial score (nSPS) is 14.9. The lowest BCUT2D eigenvalue weighted by molar-refractivity contribution is -0.161. The first-order valence-electron chi connectivity index (χ1n) is 39.0. The van der Waals surface area contributed by atoms with Gasteiger partial charge in [0.05, 0.1) is 32.8 Å². The van der Waals surface area contributed by atoms with Crippen molar-refractivity contribution in [1.29, 1.82) is 0 Å². The van der Waals surface area contributed by atoms with Gasteiger partial charge in [-0.3, -0.25) is 37.3 Å². The van der Waals surface area contributed by atoms with Crippen LogP contribution < -0.4 is 0 Å². The van der Waals surface area contributed by atoms with Crippen molar-refractivity contribution in [2.75, 3.05) is 39.6 Å². The number of allylic oxidation sites excluding steroid dienone is 29. The minimum absolute atomic E-state index is 0.0388. The summed E-state index contributed by atoms with van der Waals surface area (Å²) in [6, 6.07) is 0. The standard InChI is InChI=1S/C85H136O17P2/c1-5-9-13-17-21-25-29-32-35-37-39-41-44-47-51-54-58-62-66-70-83(88)96-76-81(102-85(90)72-68-64-60-56-52-48-45-42-40-38-36-33-30-26-22-18-14-10-6-2)78-100-104(93,94)98-74-79(86)73-97-103(91,92)99-77-80(101-84(89)71-67-63-59-55-49-28-24-20-16-12-8-4)75-95-82(87)69-65-61-57-53-50-46-43-34-31-27-23-19-15-11-7-3/h9-11,13-15,21-23,25-27,32-36,39-43,47-48,50-53,61,65,79-81,86H,5-8,12,16-20,24,28-31,37-38,44-46,49,54-60,62-64,66-78H2,1-4H3,(H,91,92)(H,93,94)/b13-9-,14-10-,15-11-,25-21-,26-22-,27-23-,35-32-,36-33-,41-39-,42-40-,43-34-,51-47-,52-48-,53-50-,65-61-. The zero-order valence-electron chi connectivity index (χ0n) is 64.1. The summed E-state index contributed by atoms with van der Waals surface area (Å²) in [7, 11) is -10.0. The number of unbranched alkanes of at least 4 members (excludes halogenated alkanes) is 16. The number of hydrogen-bond donors (Lipinski definition) is 3. The molecule has 588 valence electrons. The van der Waals surface area contributed by atoms with E-state index in [4.69, 9.17) is 37.0 Å². The first-order chi connectivity index (χ1) is 50.7. The summed E-state index contributed by atoms with van der Waals surface area (Å²) in [5.41, 5.74) is 0. The summed E-state index contributed by atoms with van der Waals surface area (Å²) in [6.45, 7) is 4.30. The van der Waals surface area contributed by atoms with Crippen LogP contribution in [0.2, 0.25) is 0 Å². The van der Waals surface area contributed by atoms with E-state index in [9.17, 15) is 43.2 Å². The number of esters is 4. The van der Waals surface area contributed by atoms with Crippen LogP contribution >= 0.6 is 15.6 Å². The Morgan fingerprint density at radius 2 is 0.538 bits per heavy atom. The van der Waals surface area contributed by atoms with Crippen LogP contribution in [0.1, 0.15) is 272 Å². The molecule has 0 aliphatic carbocycles. The molecule has 0 bridgehead atoms. The van der Waals surface area contributed by atoms with Crippen LogP contribution in [-0.4, -0.2) is 96.7 Å². The van der Waals surface area contributed by atoms with Crippen LogP contribution in [0.5, 0.6) is 0 Å². The molecular formula is C85H136O17P2. The number of ether oxygens (including phenoxy) is 4. The average Bonchev–Trinajstić information content (AvgIpc) is 0.928. The summed E-state index contributed by atoms with van der Waals surface area (Å²) in [6.07, 6.45) is 90.6. The molecule has 0 fully saturated rings. The SMILES string of the molecule is CC/C=C\C/C=C\C/C=C\C/C=C\C/C=C\CCCCCC(=O)OCC(COP(=O)(O)OCC(O)COP(=O)(O)OCC(COC(=O)C/C=C\C/C=C\C/C=C\C/C=C\C/C=C\CC)OC(=O)CCCCCCCCCCCCC)OC(=O)CCCCC/C=C\C/C=C\C/C=C\C/C=C\C/C=C\CC. The van der Waals surface area contributed by atoms with Gasteiger partial charge in [0.25, 0.3) is 0 Å². The average molecular weight is 1490 g/mol. The van der Waals surface area contributed by atoms with Crippen LogP contribution in [0, 0.1) is 0 Å². The number of aliphatic hydroxyl groups excluding tert-OH is 1. The summed E-state index contributed by atoms with van der Waals surface area (Å²) in [5, 5.41) is 10.6. The van der Waals surface area contributed by atoms with Crippen molar-refractivity contribution in [3.05, 3.63) is 182 Å². The van der Waals surface area contributed by atoms with Crippen molar-refractivity contribution in [3.63, 3.8) is 0 Å². The van der Waals surface area contributed by atoms with E-state index in [1.165, 1.54) is 38.5 Å². The fourth-order valence-corrected chi connectivity index (χ4v) is 11.2. The zero-order valence-corrected chi connectivity index (χ0v) is 65.9. The molecule has 5 unspecified atom stereocenters. The monoisotopic (exact) mass is 1490 g/mol. The van der Waals surface area contributed by atoms with Gasteiger partial charge < -0.3 is 33.8 Å². The number of phosphoric acid groups is 2. The van der Waals surface area contributed by atoms with Gasteiger partial charge in [-0.05, 0) is 141 Å². The Kier molecular flexibility index (Phi) is 71.2. The molecule has 5 atom stereocenters. The number of rotatable bonds is 71. The van der Waals surface area contributed by atoms with E-state index in [0.29, 0.717) is 25.7 Å². The molecule has 3 N–H and O–H groups in total. The molecule has 0 heterocycles. The van der Waals surface area contributed by atoms with E-state index < -0.39 is 97.5 Å². The number of carbonyl (C=O) groups is 4. The van der Waals surface area contributed by atoms with Crippen molar-refractivity contribution in [2.24, 2.45) is 0 Å². The molecule has 17 nitrogen and oxygen atoms in total. The molecule has 0 amide bonds. The van der Waals surface area contributed by atoms with Gasteiger partial charge in [-0.15, -0.1) is 0 Å². The Labute approximate surface area is 628 Å². The van der Waals surface area contributed by atoms with Crippen molar-refractivity contribution >= 4 is 39.5 Å². The van der Waals surface area contributed by atoms with Crippen LogP contribution in [0.25, 0.3) is 0 Å². The molecule has 0 saturated carbocycles. The third-order valence-corrected chi connectivity index (χ3v) is 17.3. The third kappa shape index (κ3) is 74.4. The molecule has 0 radical (unpaired) electrons.